The van der Waals surface area contributed by atoms with Crippen molar-refractivity contribution in [3.8, 4) is 0 Å². The zero-order valence-electron chi connectivity index (χ0n) is 14.4. The first-order valence-electron chi connectivity index (χ1n) is 8.37. The summed E-state index contributed by atoms with van der Waals surface area (Å²) in [5, 5.41) is 11.9. The zero-order chi connectivity index (χ0) is 18.7. The molecule has 0 aliphatic carbocycles. The summed E-state index contributed by atoms with van der Waals surface area (Å²) in [7, 11) is 0. The molecule has 1 heterocycles. The molecule has 26 heavy (non-hydrogen) atoms. The van der Waals surface area contributed by atoms with Gasteiger partial charge in [-0.15, -0.1) is 0 Å². The van der Waals surface area contributed by atoms with E-state index in [-0.39, 0.29) is 17.2 Å². The van der Waals surface area contributed by atoms with Crippen molar-refractivity contribution in [1.82, 2.24) is 4.90 Å². The molecule has 0 spiro atoms. The highest BCUT2D eigenvalue weighted by molar-refractivity contribution is 7.99. The molecule has 2 aromatic rings. The number of rotatable bonds is 3. The predicted octanol–water partition coefficient (Wildman–Crippen LogP) is 4.88. The van der Waals surface area contributed by atoms with Crippen molar-refractivity contribution >= 4 is 35.0 Å². The molecule has 1 atom stereocenters. The first-order valence-corrected chi connectivity index (χ1v) is 9.80. The van der Waals surface area contributed by atoms with Crippen molar-refractivity contribution in [2.24, 2.45) is 0 Å². The zero-order valence-corrected chi connectivity index (χ0v) is 15.9. The monoisotopic (exact) mass is 390 g/mol. The number of thioether (sulfide) groups is 1. The molecule has 136 valence electrons. The highest BCUT2D eigenvalue weighted by Gasteiger charge is 2.28. The fourth-order valence-corrected chi connectivity index (χ4v) is 4.68. The molecule has 0 radical (unpaired) electrons. The number of carbonyl (C=O) groups is 1. The molecular weight excluding hydrogens is 372 g/mol. The Morgan fingerprint density at radius 1 is 1.27 bits per heavy atom. The number of hydrogen-bond donors (Lipinski definition) is 0. The Balaban J connectivity index is 1.79. The maximum Gasteiger partial charge on any atom is 0.282 e. The van der Waals surface area contributed by atoms with Crippen LogP contribution in [0.4, 0.5) is 5.69 Å². The lowest BCUT2D eigenvalue weighted by molar-refractivity contribution is -0.385. The molecule has 1 saturated heterocycles. The van der Waals surface area contributed by atoms with Gasteiger partial charge in [0.2, 0.25) is 0 Å². The third-order valence-corrected chi connectivity index (χ3v) is 6.10. The Kier molecular flexibility index (Phi) is 5.84. The van der Waals surface area contributed by atoms with E-state index in [0.29, 0.717) is 23.4 Å². The van der Waals surface area contributed by atoms with E-state index in [9.17, 15) is 14.9 Å². The van der Waals surface area contributed by atoms with Crippen LogP contribution in [0, 0.1) is 17.0 Å². The minimum atomic E-state index is -0.535. The lowest BCUT2D eigenvalue weighted by atomic mass is 10.0. The van der Waals surface area contributed by atoms with Gasteiger partial charge in [0.1, 0.15) is 5.56 Å². The van der Waals surface area contributed by atoms with Crippen LogP contribution in [0.3, 0.4) is 0 Å². The first kappa shape index (κ1) is 18.7. The van der Waals surface area contributed by atoms with Crippen LogP contribution in [-0.2, 0) is 0 Å². The second-order valence-corrected chi connectivity index (χ2v) is 7.96. The average Bonchev–Trinajstić information content (AvgIpc) is 2.87. The Labute approximate surface area is 161 Å². The number of benzene rings is 2. The van der Waals surface area contributed by atoms with E-state index >= 15 is 0 Å². The van der Waals surface area contributed by atoms with Crippen molar-refractivity contribution in [3.63, 3.8) is 0 Å². The highest BCUT2D eigenvalue weighted by Crippen LogP contribution is 2.36. The molecule has 1 aliphatic heterocycles. The molecule has 1 amide bonds. The standard InChI is InChI=1S/C19H19ClN2O3S/c1-13-4-2-3-5-15(13)18-8-9-21(10-11-26-18)19(23)16-12-14(20)6-7-17(16)22(24)25/h2-7,12,18H,8-11H2,1H3. The van der Waals surface area contributed by atoms with Crippen molar-refractivity contribution < 1.29 is 9.72 Å². The van der Waals surface area contributed by atoms with Crippen molar-refractivity contribution in [2.75, 3.05) is 18.8 Å². The number of carbonyl (C=O) groups excluding carboxylic acids is 1. The summed E-state index contributed by atoms with van der Waals surface area (Å²) in [5.41, 5.74) is 2.39. The van der Waals surface area contributed by atoms with Crippen molar-refractivity contribution in [1.29, 1.82) is 0 Å². The fraction of sp³-hybridized carbons (Fsp3) is 0.316. The summed E-state index contributed by atoms with van der Waals surface area (Å²) >= 11 is 7.79. The number of hydrogen-bond acceptors (Lipinski definition) is 4. The maximum absolute atomic E-state index is 12.9. The van der Waals surface area contributed by atoms with Gasteiger partial charge in [-0.25, -0.2) is 0 Å². The molecule has 0 aromatic heterocycles. The lowest BCUT2D eigenvalue weighted by Crippen LogP contribution is -2.33. The second-order valence-electron chi connectivity index (χ2n) is 6.22. The van der Waals surface area contributed by atoms with Gasteiger partial charge in [-0.05, 0) is 36.6 Å². The van der Waals surface area contributed by atoms with Crippen molar-refractivity contribution in [3.05, 3.63) is 74.3 Å². The SMILES string of the molecule is Cc1ccccc1C1CCN(C(=O)c2cc(Cl)ccc2[N+](=O)[O-])CCS1. The molecule has 1 unspecified atom stereocenters. The van der Waals surface area contributed by atoms with Gasteiger partial charge in [0, 0.05) is 35.2 Å². The Morgan fingerprint density at radius 3 is 2.77 bits per heavy atom. The van der Waals surface area contributed by atoms with Gasteiger partial charge < -0.3 is 4.90 Å². The van der Waals surface area contributed by atoms with Gasteiger partial charge in [-0.2, -0.15) is 11.8 Å². The normalized spacial score (nSPS) is 17.6. The van der Waals surface area contributed by atoms with Gasteiger partial charge in [0.05, 0.1) is 4.92 Å². The predicted molar refractivity (Wildman–Crippen MR) is 105 cm³/mol. The molecule has 3 rings (SSSR count). The number of halogens is 1. The summed E-state index contributed by atoms with van der Waals surface area (Å²) in [6, 6.07) is 12.4. The van der Waals surface area contributed by atoms with Crippen LogP contribution in [0.2, 0.25) is 5.02 Å². The third kappa shape index (κ3) is 4.02. The quantitative estimate of drug-likeness (QED) is 0.553. The van der Waals surface area contributed by atoms with Crippen LogP contribution in [0.5, 0.6) is 0 Å². The molecule has 2 aromatic carbocycles. The van der Waals surface area contributed by atoms with E-state index in [1.807, 2.05) is 23.9 Å². The largest absolute Gasteiger partial charge is 0.338 e. The number of aryl methyl sites for hydroxylation is 1. The summed E-state index contributed by atoms with van der Waals surface area (Å²) in [6.45, 7) is 3.23. The van der Waals surface area contributed by atoms with E-state index < -0.39 is 4.92 Å². The fourth-order valence-electron chi connectivity index (χ4n) is 3.18. The molecular formula is C19H19ClN2O3S. The Hall–Kier alpha value is -2.05. The van der Waals surface area contributed by atoms with Crippen LogP contribution in [0.15, 0.2) is 42.5 Å². The number of nitrogens with zero attached hydrogens (tertiary/aromatic N) is 2. The van der Waals surface area contributed by atoms with Gasteiger partial charge in [-0.1, -0.05) is 35.9 Å². The number of nitro benzene ring substituents is 1. The van der Waals surface area contributed by atoms with Gasteiger partial charge in [0.25, 0.3) is 11.6 Å². The van der Waals surface area contributed by atoms with Gasteiger partial charge >= 0.3 is 0 Å². The summed E-state index contributed by atoms with van der Waals surface area (Å²) in [5.74, 6) is 0.462. The average molecular weight is 391 g/mol. The maximum atomic E-state index is 12.9. The van der Waals surface area contributed by atoms with Crippen LogP contribution in [-0.4, -0.2) is 34.6 Å². The second kappa shape index (κ2) is 8.10. The number of amides is 1. The molecule has 1 fully saturated rings. The Morgan fingerprint density at radius 2 is 2.04 bits per heavy atom. The molecule has 0 N–H and O–H groups in total. The van der Waals surface area contributed by atoms with Crippen LogP contribution in [0.1, 0.15) is 33.2 Å². The molecule has 7 heteroatoms. The van der Waals surface area contributed by atoms with E-state index in [1.165, 1.54) is 29.3 Å². The van der Waals surface area contributed by atoms with Gasteiger partial charge in [0.15, 0.2) is 0 Å². The number of nitro groups is 1. The molecule has 5 nitrogen and oxygen atoms in total. The van der Waals surface area contributed by atoms with Crippen LogP contribution in [0.25, 0.3) is 0 Å². The topological polar surface area (TPSA) is 63.5 Å². The van der Waals surface area contributed by atoms with E-state index in [4.69, 9.17) is 11.6 Å². The molecule has 0 bridgehead atoms. The Bertz CT molecular complexity index is 843. The first-order chi connectivity index (χ1) is 12.5. The lowest BCUT2D eigenvalue weighted by Gasteiger charge is -2.20. The van der Waals surface area contributed by atoms with Crippen LogP contribution >= 0.6 is 23.4 Å². The van der Waals surface area contributed by atoms with E-state index in [1.54, 1.807) is 4.90 Å². The molecule has 1 aliphatic rings. The van der Waals surface area contributed by atoms with E-state index in [0.717, 1.165) is 12.2 Å². The summed E-state index contributed by atoms with van der Waals surface area (Å²) in [4.78, 5) is 25.3. The van der Waals surface area contributed by atoms with Crippen molar-refractivity contribution in [2.45, 2.75) is 18.6 Å². The minimum Gasteiger partial charge on any atom is -0.338 e. The summed E-state index contributed by atoms with van der Waals surface area (Å²) in [6.07, 6.45) is 0.815. The minimum absolute atomic E-state index is 0.0573. The summed E-state index contributed by atoms with van der Waals surface area (Å²) < 4.78 is 0. The highest BCUT2D eigenvalue weighted by atomic mass is 35.5. The van der Waals surface area contributed by atoms with Gasteiger partial charge in [-0.3, -0.25) is 14.9 Å². The van der Waals surface area contributed by atoms with Crippen LogP contribution < -0.4 is 0 Å². The smallest absolute Gasteiger partial charge is 0.282 e. The van der Waals surface area contributed by atoms with E-state index in [2.05, 4.69) is 19.1 Å². The molecule has 0 saturated carbocycles. The third-order valence-electron chi connectivity index (χ3n) is 4.55.